The summed E-state index contributed by atoms with van der Waals surface area (Å²) in [5.74, 6) is 1.18. The Labute approximate surface area is 250 Å². The molecule has 3 atom stereocenters. The van der Waals surface area contributed by atoms with Gasteiger partial charge in [0.25, 0.3) is 10.0 Å². The van der Waals surface area contributed by atoms with Gasteiger partial charge in [-0.1, -0.05) is 53.7 Å². The number of thioether (sulfide) groups is 1. The van der Waals surface area contributed by atoms with E-state index < -0.39 is 20.1 Å². The van der Waals surface area contributed by atoms with Crippen LogP contribution in [0.4, 0.5) is 5.69 Å². The minimum absolute atomic E-state index is 0.00178. The number of sulfonamides is 1. The minimum atomic E-state index is -3.98. The van der Waals surface area contributed by atoms with Crippen molar-refractivity contribution < 1.29 is 17.9 Å². The van der Waals surface area contributed by atoms with Crippen LogP contribution < -0.4 is 14.2 Å². The molecule has 1 saturated heterocycles. The third kappa shape index (κ3) is 5.57. The lowest BCUT2D eigenvalue weighted by Crippen LogP contribution is -2.33. The number of alkyl halides is 1. The summed E-state index contributed by atoms with van der Waals surface area (Å²) in [7, 11) is -0.318. The monoisotopic (exact) mass is 618 g/mol. The summed E-state index contributed by atoms with van der Waals surface area (Å²) >= 11 is 14.7. The highest BCUT2D eigenvalue weighted by Gasteiger charge is 2.49. The molecule has 2 unspecified atom stereocenters. The molecule has 0 spiro atoms. The van der Waals surface area contributed by atoms with E-state index in [4.69, 9.17) is 32.7 Å². The first-order valence-electron chi connectivity index (χ1n) is 13.0. The predicted octanol–water partition coefficient (Wildman–Crippen LogP) is 6.93. The van der Waals surface area contributed by atoms with E-state index in [0.29, 0.717) is 16.5 Å². The van der Waals surface area contributed by atoms with Crippen LogP contribution in [0.3, 0.4) is 0 Å². The van der Waals surface area contributed by atoms with Gasteiger partial charge in [-0.15, -0.1) is 11.6 Å². The molecule has 0 amide bonds. The Morgan fingerprint density at radius 3 is 2.48 bits per heavy atom. The van der Waals surface area contributed by atoms with Crippen molar-refractivity contribution in [3.8, 4) is 11.5 Å². The van der Waals surface area contributed by atoms with Gasteiger partial charge in [0.2, 0.25) is 0 Å². The van der Waals surface area contributed by atoms with Crippen molar-refractivity contribution in [1.82, 2.24) is 4.90 Å². The molecule has 0 bridgehead atoms. The van der Waals surface area contributed by atoms with Crippen LogP contribution in [0.25, 0.3) is 0 Å². The van der Waals surface area contributed by atoms with E-state index >= 15 is 0 Å². The molecular weight excluding hydrogens is 587 g/mol. The Morgan fingerprint density at radius 2 is 1.80 bits per heavy atom. The van der Waals surface area contributed by atoms with Gasteiger partial charge >= 0.3 is 0 Å². The molecule has 3 aromatic rings. The zero-order chi connectivity index (χ0) is 28.7. The van der Waals surface area contributed by atoms with E-state index in [1.165, 1.54) is 0 Å². The lowest BCUT2D eigenvalue weighted by molar-refractivity contribution is 0.208. The number of likely N-dealkylation sites (tertiary alicyclic amines) is 1. The number of nitrogens with one attached hydrogen (secondary N) is 1. The summed E-state index contributed by atoms with van der Waals surface area (Å²) in [6.45, 7) is 5.73. The van der Waals surface area contributed by atoms with Gasteiger partial charge in [0, 0.05) is 19.2 Å². The summed E-state index contributed by atoms with van der Waals surface area (Å²) in [5.41, 5.74) is 3.32. The average molecular weight is 620 g/mol. The number of rotatable bonds is 8. The number of hydrogen-bond donors (Lipinski definition) is 1. The Kier molecular flexibility index (Phi) is 8.37. The summed E-state index contributed by atoms with van der Waals surface area (Å²) in [6, 6.07) is 18.7. The molecule has 0 aliphatic carbocycles. The number of anilines is 1. The molecule has 6 nitrogen and oxygen atoms in total. The highest BCUT2D eigenvalue weighted by Crippen LogP contribution is 2.55. The quantitative estimate of drug-likeness (QED) is 0.276. The second-order valence-corrected chi connectivity index (χ2v) is 14.5. The van der Waals surface area contributed by atoms with Crippen molar-refractivity contribution in [2.45, 2.75) is 36.5 Å². The van der Waals surface area contributed by atoms with Crippen LogP contribution in [0.1, 0.15) is 28.7 Å². The van der Waals surface area contributed by atoms with Crippen LogP contribution in [0.15, 0.2) is 71.0 Å². The highest BCUT2D eigenvalue weighted by molar-refractivity contribution is 8.20. The van der Waals surface area contributed by atoms with Gasteiger partial charge in [-0.05, 0) is 79.9 Å². The zero-order valence-corrected chi connectivity index (χ0v) is 25.9. The van der Waals surface area contributed by atoms with E-state index in [2.05, 4.69) is 9.62 Å². The van der Waals surface area contributed by atoms with Gasteiger partial charge in [-0.2, -0.15) is 0 Å². The van der Waals surface area contributed by atoms with E-state index in [9.17, 15) is 8.42 Å². The number of methoxy groups -OCH3 is 1. The molecule has 5 rings (SSSR count). The van der Waals surface area contributed by atoms with Crippen LogP contribution in [0.2, 0.25) is 5.02 Å². The van der Waals surface area contributed by atoms with Crippen LogP contribution in [0.5, 0.6) is 11.5 Å². The molecule has 3 aromatic carbocycles. The van der Waals surface area contributed by atoms with E-state index in [1.54, 1.807) is 31.4 Å². The van der Waals surface area contributed by atoms with Gasteiger partial charge in [-0.3, -0.25) is 4.72 Å². The topological polar surface area (TPSA) is 67.9 Å². The fourth-order valence-corrected chi connectivity index (χ4v) is 9.14. The summed E-state index contributed by atoms with van der Waals surface area (Å²) in [6.07, 6.45) is 2.67. The number of hydrogen-bond acceptors (Lipinski definition) is 6. The number of allylic oxidation sites excluding steroid dienone is 1. The van der Waals surface area contributed by atoms with E-state index in [0.717, 1.165) is 59.3 Å². The Balaban J connectivity index is 1.53. The molecular formula is C30H32Cl2N2O4S2. The predicted molar refractivity (Wildman–Crippen MR) is 166 cm³/mol. The Bertz CT molecular complexity index is 1560. The lowest BCUT2D eigenvalue weighted by Gasteiger charge is -2.34. The van der Waals surface area contributed by atoms with Gasteiger partial charge < -0.3 is 14.4 Å². The van der Waals surface area contributed by atoms with Gasteiger partial charge in [0.15, 0.2) is 0 Å². The number of halogens is 2. The first kappa shape index (κ1) is 29.1. The molecule has 1 N–H and O–H groups in total. The third-order valence-electron chi connectivity index (χ3n) is 7.48. The average Bonchev–Trinajstić information content (AvgIpc) is 3.49. The van der Waals surface area contributed by atoms with Crippen LogP contribution in [-0.2, 0) is 15.4 Å². The zero-order valence-electron chi connectivity index (χ0n) is 22.8. The van der Waals surface area contributed by atoms with E-state index in [-0.39, 0.29) is 10.3 Å². The fraction of sp³-hybridized carbons (Fsp3) is 0.333. The first-order chi connectivity index (χ1) is 19.0. The maximum absolute atomic E-state index is 13.8. The molecule has 2 heterocycles. The SMILES string of the molecule is COc1ccc(C2(c3ccccc3C)C=C(S(=O)(=O)Nc3ccc(Cl)c(O[C@@H]4CCN(C)C4)c3)SC2Cl)c(C)c1. The number of likely N-dealkylation sites (N-methyl/N-ethyl adjacent to an activating group) is 1. The standard InChI is InChI=1S/C30H32Cl2N2O4S2/c1-19-7-5-6-8-24(19)30(25-11-10-22(37-4)15-20(25)2)17-28(39-29(30)32)40(35,36)33-21-9-12-26(31)27(16-21)38-23-13-14-34(3)18-23/h5-12,15-17,23,29,33H,13-14,18H2,1-4H3/t23-,29?,30?/m1/s1. The maximum atomic E-state index is 13.8. The Morgan fingerprint density at radius 1 is 1.05 bits per heavy atom. The molecule has 10 heteroatoms. The number of benzene rings is 3. The van der Waals surface area contributed by atoms with Gasteiger partial charge in [0.1, 0.15) is 26.5 Å². The molecule has 0 radical (unpaired) electrons. The van der Waals surface area contributed by atoms with Crippen molar-refractivity contribution in [2.24, 2.45) is 0 Å². The number of nitrogens with zero attached hydrogens (tertiary/aromatic N) is 1. The Hall–Kier alpha value is -2.36. The molecule has 0 aromatic heterocycles. The molecule has 0 saturated carbocycles. The van der Waals surface area contributed by atoms with E-state index in [1.807, 2.05) is 63.4 Å². The first-order valence-corrected chi connectivity index (χ1v) is 16.1. The van der Waals surface area contributed by atoms with Gasteiger partial charge in [-0.25, -0.2) is 8.42 Å². The number of aryl methyl sites for hydroxylation is 2. The minimum Gasteiger partial charge on any atom is -0.497 e. The van der Waals surface area contributed by atoms with Crippen molar-refractivity contribution in [3.63, 3.8) is 0 Å². The largest absolute Gasteiger partial charge is 0.497 e. The fourth-order valence-electron chi connectivity index (χ4n) is 5.46. The van der Waals surface area contributed by atoms with Crippen LogP contribution in [-0.4, -0.2) is 51.4 Å². The van der Waals surface area contributed by atoms with Gasteiger partial charge in [0.05, 0.1) is 23.2 Å². The highest BCUT2D eigenvalue weighted by atomic mass is 35.5. The van der Waals surface area contributed by atoms with Crippen molar-refractivity contribution in [1.29, 1.82) is 0 Å². The van der Waals surface area contributed by atoms with Crippen LogP contribution in [0, 0.1) is 13.8 Å². The maximum Gasteiger partial charge on any atom is 0.267 e. The van der Waals surface area contributed by atoms with Crippen LogP contribution >= 0.6 is 35.0 Å². The van der Waals surface area contributed by atoms with Crippen molar-refractivity contribution in [2.75, 3.05) is 32.0 Å². The lowest BCUT2D eigenvalue weighted by atomic mass is 9.73. The second kappa shape index (κ2) is 11.5. The smallest absolute Gasteiger partial charge is 0.267 e. The summed E-state index contributed by atoms with van der Waals surface area (Å²) in [5, 5.41) is 0.432. The molecule has 1 fully saturated rings. The van der Waals surface area contributed by atoms with Crippen molar-refractivity contribution >= 4 is 50.7 Å². The number of ether oxygens (including phenoxy) is 2. The molecule has 212 valence electrons. The second-order valence-electron chi connectivity index (χ2n) is 10.3. The summed E-state index contributed by atoms with van der Waals surface area (Å²) in [4.78, 5) is 2.18. The molecule has 2 aliphatic rings. The summed E-state index contributed by atoms with van der Waals surface area (Å²) < 4.78 is 41.4. The third-order valence-corrected chi connectivity index (χ3v) is 11.4. The molecule has 40 heavy (non-hydrogen) atoms. The normalized spacial score (nSPS) is 23.2. The van der Waals surface area contributed by atoms with Crippen molar-refractivity contribution in [3.05, 3.63) is 98.3 Å². The molecule has 2 aliphatic heterocycles.